The number of hydrogen-bond donors (Lipinski definition) is 2. The van der Waals surface area contributed by atoms with Crippen molar-refractivity contribution in [3.05, 3.63) is 77.9 Å². The van der Waals surface area contributed by atoms with E-state index in [1.165, 1.54) is 0 Å². The van der Waals surface area contributed by atoms with Crippen molar-refractivity contribution in [2.24, 2.45) is 7.05 Å². The standard InChI is InChI=1S/C20H19N3O.ClH/c1-22-17-11-4-5-12-18(17)23(20(22)21)13-19(24)16-10-6-8-14-7-2-3-9-15(14)16;/h2-12,19,21,24H,13H2,1H3;1H/p-1. The molecule has 0 aliphatic rings. The first-order valence-electron chi connectivity index (χ1n) is 8.01. The van der Waals surface area contributed by atoms with Gasteiger partial charge in [0.15, 0.2) is 0 Å². The fourth-order valence-corrected chi connectivity index (χ4v) is 3.38. The minimum Gasteiger partial charge on any atom is -1.00 e. The molecule has 5 heteroatoms. The van der Waals surface area contributed by atoms with Crippen LogP contribution >= 0.6 is 0 Å². The summed E-state index contributed by atoms with van der Waals surface area (Å²) in [5.74, 6) is 0. The quantitative estimate of drug-likeness (QED) is 0.549. The third kappa shape index (κ3) is 2.84. The average Bonchev–Trinajstić information content (AvgIpc) is 2.86. The van der Waals surface area contributed by atoms with Crippen LogP contribution < -0.4 is 18.0 Å². The highest BCUT2D eigenvalue weighted by molar-refractivity contribution is 5.86. The molecule has 0 fully saturated rings. The highest BCUT2D eigenvalue weighted by atomic mass is 35.5. The van der Waals surface area contributed by atoms with Gasteiger partial charge in [0, 0.05) is 7.05 Å². The maximum Gasteiger partial charge on any atom is 0.202 e. The van der Waals surface area contributed by atoms with Gasteiger partial charge < -0.3 is 26.6 Å². The average molecular weight is 353 g/mol. The molecule has 0 bridgehead atoms. The highest BCUT2D eigenvalue weighted by Gasteiger charge is 2.15. The zero-order valence-electron chi connectivity index (χ0n) is 13.9. The summed E-state index contributed by atoms with van der Waals surface area (Å²) in [6.07, 6.45) is -0.670. The van der Waals surface area contributed by atoms with E-state index in [-0.39, 0.29) is 12.4 Å². The van der Waals surface area contributed by atoms with Gasteiger partial charge in [0.05, 0.1) is 23.7 Å². The fourth-order valence-electron chi connectivity index (χ4n) is 3.38. The Labute approximate surface area is 151 Å². The molecule has 1 aromatic heterocycles. The number of aliphatic hydroxyl groups excluding tert-OH is 1. The molecular weight excluding hydrogens is 334 g/mol. The lowest BCUT2D eigenvalue weighted by Gasteiger charge is -2.15. The van der Waals surface area contributed by atoms with Gasteiger partial charge in [-0.25, -0.2) is 0 Å². The molecule has 0 saturated heterocycles. The van der Waals surface area contributed by atoms with Gasteiger partial charge in [-0.1, -0.05) is 54.6 Å². The summed E-state index contributed by atoms with van der Waals surface area (Å²) in [6, 6.07) is 22.0. The van der Waals surface area contributed by atoms with Gasteiger partial charge in [-0.05, 0) is 28.5 Å². The number of benzene rings is 3. The Kier molecular flexibility index (Phi) is 4.66. The van der Waals surface area contributed by atoms with Crippen molar-refractivity contribution in [2.45, 2.75) is 12.6 Å². The molecule has 0 saturated carbocycles. The lowest BCUT2D eigenvalue weighted by Crippen LogP contribution is -3.00. The monoisotopic (exact) mass is 352 g/mol. The third-order valence-corrected chi connectivity index (χ3v) is 4.65. The summed E-state index contributed by atoms with van der Waals surface area (Å²) in [5.41, 5.74) is 3.24. The van der Waals surface area contributed by atoms with Crippen LogP contribution in [-0.4, -0.2) is 14.2 Å². The number of rotatable bonds is 3. The Morgan fingerprint density at radius 2 is 1.56 bits per heavy atom. The van der Waals surface area contributed by atoms with Crippen molar-refractivity contribution in [1.82, 2.24) is 9.13 Å². The molecule has 2 N–H and O–H groups in total. The lowest BCUT2D eigenvalue weighted by atomic mass is 10.0. The van der Waals surface area contributed by atoms with Crippen molar-refractivity contribution in [3.8, 4) is 0 Å². The molecule has 0 amide bonds. The van der Waals surface area contributed by atoms with Gasteiger partial charge in [0.2, 0.25) is 5.62 Å². The van der Waals surface area contributed by atoms with Crippen molar-refractivity contribution < 1.29 is 17.5 Å². The van der Waals surface area contributed by atoms with Crippen LogP contribution in [-0.2, 0) is 13.6 Å². The van der Waals surface area contributed by atoms with Crippen LogP contribution in [0.4, 0.5) is 0 Å². The van der Waals surface area contributed by atoms with Crippen LogP contribution in [0.25, 0.3) is 21.8 Å². The summed E-state index contributed by atoms with van der Waals surface area (Å²) in [7, 11) is 1.88. The molecule has 4 aromatic rings. The van der Waals surface area contributed by atoms with Crippen molar-refractivity contribution in [3.63, 3.8) is 0 Å². The van der Waals surface area contributed by atoms with Gasteiger partial charge in [0.1, 0.15) is 0 Å². The lowest BCUT2D eigenvalue weighted by molar-refractivity contribution is -0.00000687. The first-order valence-corrected chi connectivity index (χ1v) is 8.01. The molecule has 25 heavy (non-hydrogen) atoms. The number of fused-ring (bicyclic) bond motifs is 2. The summed E-state index contributed by atoms with van der Waals surface area (Å²) in [6.45, 7) is 0.355. The summed E-state index contributed by atoms with van der Waals surface area (Å²) >= 11 is 0. The summed E-state index contributed by atoms with van der Waals surface area (Å²) < 4.78 is 3.70. The van der Waals surface area contributed by atoms with Crippen LogP contribution in [0.15, 0.2) is 66.7 Å². The molecule has 0 radical (unpaired) electrons. The molecule has 1 heterocycles. The Bertz CT molecular complexity index is 1090. The Hall–Kier alpha value is -2.56. The highest BCUT2D eigenvalue weighted by Crippen LogP contribution is 2.26. The molecule has 4 rings (SSSR count). The number of aryl methyl sites for hydroxylation is 1. The number of aromatic nitrogens is 2. The van der Waals surface area contributed by atoms with E-state index in [1.807, 2.05) is 82.9 Å². The molecule has 4 nitrogen and oxygen atoms in total. The maximum absolute atomic E-state index is 10.9. The minimum absolute atomic E-state index is 0. The van der Waals surface area contributed by atoms with Crippen LogP contribution in [0, 0.1) is 5.41 Å². The predicted molar refractivity (Wildman–Crippen MR) is 95.7 cm³/mol. The van der Waals surface area contributed by atoms with E-state index < -0.39 is 6.10 Å². The second-order valence-electron chi connectivity index (χ2n) is 6.07. The molecule has 0 aliphatic heterocycles. The normalized spacial score (nSPS) is 12.2. The Morgan fingerprint density at radius 3 is 2.36 bits per heavy atom. The van der Waals surface area contributed by atoms with Crippen LogP contribution in [0.1, 0.15) is 11.7 Å². The predicted octanol–water partition coefficient (Wildman–Crippen LogP) is 0.350. The Morgan fingerprint density at radius 1 is 0.920 bits per heavy atom. The molecule has 0 aliphatic carbocycles. The minimum atomic E-state index is -0.670. The SMILES string of the molecule is Cn1c(=N)n(CC(O)c2cccc3ccccc23)c2ccccc21.[Cl-]. The Balaban J connectivity index is 0.00000182. The number of hydrogen-bond acceptors (Lipinski definition) is 2. The zero-order valence-corrected chi connectivity index (χ0v) is 14.6. The van der Waals surface area contributed by atoms with Crippen LogP contribution in [0.5, 0.6) is 0 Å². The summed E-state index contributed by atoms with van der Waals surface area (Å²) in [4.78, 5) is 0. The second kappa shape index (κ2) is 6.75. The van der Waals surface area contributed by atoms with E-state index >= 15 is 0 Å². The number of aliphatic hydroxyl groups is 1. The van der Waals surface area contributed by atoms with E-state index in [0.717, 1.165) is 27.4 Å². The molecular formula is C20H19ClN3O-. The maximum atomic E-state index is 10.9. The van der Waals surface area contributed by atoms with Gasteiger partial charge in [-0.3, -0.25) is 5.41 Å². The molecule has 128 valence electrons. The zero-order chi connectivity index (χ0) is 16.7. The van der Waals surface area contributed by atoms with Crippen LogP contribution in [0.3, 0.4) is 0 Å². The number of nitrogens with zero attached hydrogens (tertiary/aromatic N) is 2. The van der Waals surface area contributed by atoms with Crippen LogP contribution in [0.2, 0.25) is 0 Å². The first-order chi connectivity index (χ1) is 11.7. The topological polar surface area (TPSA) is 53.9 Å². The van der Waals surface area contributed by atoms with Gasteiger partial charge in [0.25, 0.3) is 0 Å². The van der Waals surface area contributed by atoms with Gasteiger partial charge in [-0.2, -0.15) is 0 Å². The van der Waals surface area contributed by atoms with Crippen molar-refractivity contribution in [2.75, 3.05) is 0 Å². The van der Waals surface area contributed by atoms with Crippen molar-refractivity contribution in [1.29, 1.82) is 5.41 Å². The smallest absolute Gasteiger partial charge is 0.202 e. The van der Waals surface area contributed by atoms with E-state index in [0.29, 0.717) is 12.2 Å². The molecule has 1 atom stereocenters. The van der Waals surface area contributed by atoms with E-state index in [9.17, 15) is 5.11 Å². The van der Waals surface area contributed by atoms with E-state index in [2.05, 4.69) is 0 Å². The first kappa shape index (κ1) is 17.3. The molecule has 1 unspecified atom stereocenters. The number of nitrogens with one attached hydrogen (secondary N) is 1. The number of halogens is 1. The summed E-state index contributed by atoms with van der Waals surface area (Å²) in [5, 5.41) is 21.4. The second-order valence-corrected chi connectivity index (χ2v) is 6.07. The van der Waals surface area contributed by atoms with Gasteiger partial charge >= 0.3 is 0 Å². The van der Waals surface area contributed by atoms with E-state index in [4.69, 9.17) is 5.41 Å². The molecule has 0 spiro atoms. The third-order valence-electron chi connectivity index (χ3n) is 4.65. The van der Waals surface area contributed by atoms with Crippen molar-refractivity contribution >= 4 is 21.8 Å². The fraction of sp³-hybridized carbons (Fsp3) is 0.150. The van der Waals surface area contributed by atoms with E-state index in [1.54, 1.807) is 0 Å². The number of imidazole rings is 1. The number of para-hydroxylation sites is 2. The van der Waals surface area contributed by atoms with Gasteiger partial charge in [-0.15, -0.1) is 0 Å². The molecule has 3 aromatic carbocycles. The largest absolute Gasteiger partial charge is 1.00 e.